The van der Waals surface area contributed by atoms with Crippen LogP contribution >= 0.6 is 0 Å². The molecule has 2 aliphatic carbocycles. The van der Waals surface area contributed by atoms with Crippen molar-refractivity contribution in [1.82, 2.24) is 4.98 Å². The lowest BCUT2D eigenvalue weighted by molar-refractivity contribution is 1.30. The smallest absolute Gasteiger partial charge is 0.0623 e. The van der Waals surface area contributed by atoms with E-state index in [0.29, 0.717) is 0 Å². The fourth-order valence-electron chi connectivity index (χ4n) is 1.40. The van der Waals surface area contributed by atoms with E-state index >= 15 is 0 Å². The molecule has 15 heavy (non-hydrogen) atoms. The van der Waals surface area contributed by atoms with Gasteiger partial charge in [-0.15, -0.1) is 0 Å². The van der Waals surface area contributed by atoms with Gasteiger partial charge in [-0.2, -0.15) is 0 Å². The second-order valence-corrected chi connectivity index (χ2v) is 3.49. The van der Waals surface area contributed by atoms with Crippen molar-refractivity contribution in [3.63, 3.8) is 0 Å². The summed E-state index contributed by atoms with van der Waals surface area (Å²) < 4.78 is 0. The fraction of sp³-hybridized carbons (Fsp3) is 0.0714. The van der Waals surface area contributed by atoms with Gasteiger partial charge in [0.05, 0.1) is 5.69 Å². The molecule has 1 aromatic heterocycles. The van der Waals surface area contributed by atoms with Crippen LogP contribution in [-0.2, 0) is 0 Å². The lowest BCUT2D eigenvalue weighted by atomic mass is 10.3. The molecule has 0 fully saturated rings. The molecule has 0 saturated carbocycles. The molecule has 1 heteroatoms. The molecule has 74 valence electrons. The monoisotopic (exact) mass is 195 g/mol. The molecule has 0 amide bonds. The molecule has 0 unspecified atom stereocenters. The van der Waals surface area contributed by atoms with Gasteiger partial charge in [-0.3, -0.25) is 4.98 Å². The summed E-state index contributed by atoms with van der Waals surface area (Å²) in [5, 5.41) is 0. The van der Waals surface area contributed by atoms with Crippen molar-refractivity contribution >= 4 is 6.08 Å². The van der Waals surface area contributed by atoms with Crippen molar-refractivity contribution in [2.75, 3.05) is 0 Å². The summed E-state index contributed by atoms with van der Waals surface area (Å²) in [6.45, 7) is 5.71. The number of benzene rings is 1. The zero-order valence-corrected chi connectivity index (χ0v) is 8.77. The van der Waals surface area contributed by atoms with Gasteiger partial charge in [-0.25, -0.2) is 0 Å². The maximum atomic E-state index is 3.98. The SMILES string of the molecule is C=Cc1ccccn1.Cc1ccc2cc1-2. The Morgan fingerprint density at radius 2 is 2.07 bits per heavy atom. The Balaban J connectivity index is 0.000000114. The van der Waals surface area contributed by atoms with Gasteiger partial charge in [0.2, 0.25) is 0 Å². The largest absolute Gasteiger partial charge is 0.257 e. The van der Waals surface area contributed by atoms with Crippen molar-refractivity contribution in [1.29, 1.82) is 0 Å². The highest BCUT2D eigenvalue weighted by atomic mass is 14.6. The third kappa shape index (κ3) is 2.32. The first kappa shape index (κ1) is 9.66. The molecule has 3 rings (SSSR count). The molecule has 0 aromatic carbocycles. The average Bonchev–Trinajstić information content (AvgIpc) is 3.00. The number of pyridine rings is 1. The maximum Gasteiger partial charge on any atom is 0.0623 e. The molecular weight excluding hydrogens is 182 g/mol. The predicted octanol–water partition coefficient (Wildman–Crippen LogP) is 3.70. The van der Waals surface area contributed by atoms with Crippen molar-refractivity contribution in [3.05, 3.63) is 60.4 Å². The van der Waals surface area contributed by atoms with Crippen LogP contribution in [-0.4, -0.2) is 4.98 Å². The molecule has 0 spiro atoms. The summed E-state index contributed by atoms with van der Waals surface area (Å²) in [7, 11) is 0. The van der Waals surface area contributed by atoms with E-state index < -0.39 is 0 Å². The zero-order valence-electron chi connectivity index (χ0n) is 8.77. The average molecular weight is 195 g/mol. The fourth-order valence-corrected chi connectivity index (χ4v) is 1.40. The number of hydrogen-bond donors (Lipinski definition) is 0. The zero-order chi connectivity index (χ0) is 10.7. The number of fused-ring (bicyclic) bond motifs is 1. The van der Waals surface area contributed by atoms with Crippen LogP contribution in [0.4, 0.5) is 0 Å². The molecule has 0 bridgehead atoms. The molecule has 0 N–H and O–H groups in total. The third-order valence-corrected chi connectivity index (χ3v) is 2.36. The summed E-state index contributed by atoms with van der Waals surface area (Å²) in [6.07, 6.45) is 3.47. The van der Waals surface area contributed by atoms with Crippen molar-refractivity contribution in [2.45, 2.75) is 6.92 Å². The molecule has 0 aliphatic heterocycles. The molecule has 1 nitrogen and oxygen atoms in total. The van der Waals surface area contributed by atoms with Crippen molar-refractivity contribution < 1.29 is 0 Å². The van der Waals surface area contributed by atoms with Crippen LogP contribution in [0.5, 0.6) is 0 Å². The highest BCUT2D eigenvalue weighted by Gasteiger charge is 2.12. The summed E-state index contributed by atoms with van der Waals surface area (Å²) in [6, 6.07) is 12.2. The van der Waals surface area contributed by atoms with Gasteiger partial charge in [0.15, 0.2) is 0 Å². The molecule has 1 aromatic rings. The normalized spacial score (nSPS) is 9.93. The molecule has 0 atom stereocenters. The second-order valence-electron chi connectivity index (χ2n) is 3.49. The van der Waals surface area contributed by atoms with Crippen LogP contribution in [0.15, 0.2) is 49.2 Å². The van der Waals surface area contributed by atoms with Crippen LogP contribution in [0.2, 0.25) is 0 Å². The van der Waals surface area contributed by atoms with Crippen LogP contribution in [0.3, 0.4) is 0 Å². The highest BCUT2D eigenvalue weighted by Crippen LogP contribution is 2.37. The van der Waals surface area contributed by atoms with Gasteiger partial charge >= 0.3 is 0 Å². The molecule has 0 radical (unpaired) electrons. The molecule has 0 saturated heterocycles. The van der Waals surface area contributed by atoms with Crippen LogP contribution in [0.1, 0.15) is 11.3 Å². The van der Waals surface area contributed by atoms with Gasteiger partial charge in [0.25, 0.3) is 0 Å². The number of nitrogens with zero attached hydrogens (tertiary/aromatic N) is 1. The predicted molar refractivity (Wildman–Crippen MR) is 64.5 cm³/mol. The summed E-state index contributed by atoms with van der Waals surface area (Å²) in [4.78, 5) is 3.98. The second kappa shape index (κ2) is 4.09. The van der Waals surface area contributed by atoms with Crippen LogP contribution < -0.4 is 0 Å². The number of aryl methyl sites for hydroxylation is 1. The van der Waals surface area contributed by atoms with E-state index in [2.05, 4.69) is 36.7 Å². The van der Waals surface area contributed by atoms with Gasteiger partial charge < -0.3 is 0 Å². The topological polar surface area (TPSA) is 12.9 Å². The van der Waals surface area contributed by atoms with Crippen molar-refractivity contribution in [2.24, 2.45) is 0 Å². The summed E-state index contributed by atoms with van der Waals surface area (Å²) in [5.74, 6) is 0. The lowest BCUT2D eigenvalue weighted by Gasteiger charge is -1.84. The van der Waals surface area contributed by atoms with Gasteiger partial charge in [-0.05, 0) is 47.9 Å². The Kier molecular flexibility index (Phi) is 2.64. The Hall–Kier alpha value is -1.89. The number of rotatable bonds is 1. The Morgan fingerprint density at radius 1 is 1.20 bits per heavy atom. The maximum absolute atomic E-state index is 3.98. The van der Waals surface area contributed by atoms with E-state index in [-0.39, 0.29) is 0 Å². The standard InChI is InChI=1S/C7H7N.C7H6/c1-2-7-5-3-4-6-8-7;1-5-2-3-6-4-7(5)6/h2-6H,1H2;2-4H,1H3. The molecule has 1 heterocycles. The lowest BCUT2D eigenvalue weighted by Crippen LogP contribution is -1.73. The minimum atomic E-state index is 0.924. The van der Waals surface area contributed by atoms with Crippen LogP contribution in [0, 0.1) is 6.92 Å². The van der Waals surface area contributed by atoms with E-state index in [9.17, 15) is 0 Å². The van der Waals surface area contributed by atoms with E-state index in [1.807, 2.05) is 18.2 Å². The van der Waals surface area contributed by atoms with E-state index in [1.54, 1.807) is 12.3 Å². The minimum absolute atomic E-state index is 0.924. The van der Waals surface area contributed by atoms with E-state index in [1.165, 1.54) is 16.7 Å². The first-order valence-corrected chi connectivity index (χ1v) is 4.96. The van der Waals surface area contributed by atoms with Crippen molar-refractivity contribution in [3.8, 4) is 11.1 Å². The molecule has 2 aliphatic rings. The number of aromatic nitrogens is 1. The molecular formula is C14H13N. The number of hydrogen-bond acceptors (Lipinski definition) is 1. The van der Waals surface area contributed by atoms with Gasteiger partial charge in [0.1, 0.15) is 0 Å². The Labute approximate surface area is 90.1 Å². The van der Waals surface area contributed by atoms with Gasteiger partial charge in [-0.1, -0.05) is 24.8 Å². The van der Waals surface area contributed by atoms with Crippen LogP contribution in [0.25, 0.3) is 17.2 Å². The van der Waals surface area contributed by atoms with Gasteiger partial charge in [0, 0.05) is 6.20 Å². The summed E-state index contributed by atoms with van der Waals surface area (Å²) >= 11 is 0. The highest BCUT2D eigenvalue weighted by molar-refractivity contribution is 5.84. The summed E-state index contributed by atoms with van der Waals surface area (Å²) in [5.41, 5.74) is 5.26. The first-order valence-electron chi connectivity index (χ1n) is 4.96. The van der Waals surface area contributed by atoms with E-state index in [4.69, 9.17) is 0 Å². The Bertz CT molecular complexity index is 472. The minimum Gasteiger partial charge on any atom is -0.257 e. The quantitative estimate of drug-likeness (QED) is 0.577. The third-order valence-electron chi connectivity index (χ3n) is 2.36. The Morgan fingerprint density at radius 3 is 2.33 bits per heavy atom. The van der Waals surface area contributed by atoms with E-state index in [0.717, 1.165) is 5.69 Å². The first-order chi connectivity index (χ1) is 7.31.